The molecule has 24 heavy (non-hydrogen) atoms. The van der Waals surface area contributed by atoms with Crippen molar-refractivity contribution in [1.29, 1.82) is 0 Å². The Morgan fingerprint density at radius 2 is 2.04 bits per heavy atom. The molecule has 1 aliphatic heterocycles. The van der Waals surface area contributed by atoms with Gasteiger partial charge in [0, 0.05) is 31.7 Å². The maximum absolute atomic E-state index is 13.7. The highest BCUT2D eigenvalue weighted by Crippen LogP contribution is 2.29. The molecular weight excluding hydrogens is 311 g/mol. The van der Waals surface area contributed by atoms with Crippen molar-refractivity contribution in [2.75, 3.05) is 38.2 Å². The summed E-state index contributed by atoms with van der Waals surface area (Å²) in [6.45, 7) is 3.40. The van der Waals surface area contributed by atoms with Crippen LogP contribution in [0.2, 0.25) is 0 Å². The lowest BCUT2D eigenvalue weighted by atomic mass is 10.0. The predicted molar refractivity (Wildman–Crippen MR) is 89.8 cm³/mol. The summed E-state index contributed by atoms with van der Waals surface area (Å²) in [6.07, 6.45) is 0. The second-order valence-corrected chi connectivity index (χ2v) is 5.52. The number of nitrogens with one attached hydrogen (secondary N) is 1. The van der Waals surface area contributed by atoms with Crippen LogP contribution >= 0.6 is 0 Å². The van der Waals surface area contributed by atoms with Gasteiger partial charge in [-0.15, -0.1) is 0 Å². The number of pyridine rings is 1. The number of hydrogen-bond acceptors (Lipinski definition) is 5. The van der Waals surface area contributed by atoms with Crippen molar-refractivity contribution in [2.45, 2.75) is 0 Å². The van der Waals surface area contributed by atoms with Crippen molar-refractivity contribution >= 4 is 11.7 Å². The minimum atomic E-state index is -0.576. The Bertz CT molecular complexity index is 760. The van der Waals surface area contributed by atoms with Crippen LogP contribution in [0, 0.1) is 5.82 Å². The van der Waals surface area contributed by atoms with E-state index in [2.05, 4.69) is 15.2 Å². The van der Waals surface area contributed by atoms with Gasteiger partial charge in [0.25, 0.3) is 5.91 Å². The zero-order valence-electron chi connectivity index (χ0n) is 13.4. The second-order valence-electron chi connectivity index (χ2n) is 5.52. The molecule has 1 fully saturated rings. The summed E-state index contributed by atoms with van der Waals surface area (Å²) in [7, 11) is 1.39. The minimum Gasteiger partial charge on any atom is -0.494 e. The Labute approximate surface area is 139 Å². The number of rotatable bonds is 4. The molecule has 1 aromatic carbocycles. The van der Waals surface area contributed by atoms with Gasteiger partial charge < -0.3 is 20.7 Å². The highest BCUT2D eigenvalue weighted by Gasteiger charge is 2.18. The first kappa shape index (κ1) is 16.2. The molecule has 0 atom stereocenters. The standard InChI is InChI=1S/C17H19FN4O2/c1-24-14-10-11(2-4-13(14)18)16-12(17(19)23)3-5-15(21-16)22-8-6-20-7-9-22/h2-5,10,20H,6-9H2,1H3,(H2,19,23). The number of anilines is 1. The Balaban J connectivity index is 2.07. The number of amides is 1. The van der Waals surface area contributed by atoms with E-state index in [1.54, 1.807) is 18.2 Å². The number of aromatic nitrogens is 1. The van der Waals surface area contributed by atoms with Crippen molar-refractivity contribution in [3.05, 3.63) is 41.7 Å². The summed E-state index contributed by atoms with van der Waals surface area (Å²) in [4.78, 5) is 18.5. The monoisotopic (exact) mass is 330 g/mol. The molecule has 1 saturated heterocycles. The lowest BCUT2D eigenvalue weighted by molar-refractivity contribution is 0.100. The highest BCUT2D eigenvalue weighted by atomic mass is 19.1. The first-order chi connectivity index (χ1) is 11.6. The molecule has 3 N–H and O–H groups in total. The number of piperazine rings is 1. The molecule has 6 nitrogen and oxygen atoms in total. The van der Waals surface area contributed by atoms with E-state index in [0.717, 1.165) is 32.0 Å². The third-order valence-electron chi connectivity index (χ3n) is 4.01. The molecule has 0 saturated carbocycles. The molecule has 126 valence electrons. The summed E-state index contributed by atoms with van der Waals surface area (Å²) in [6, 6.07) is 7.82. The molecule has 0 radical (unpaired) electrons. The molecule has 2 aromatic rings. The van der Waals surface area contributed by atoms with Gasteiger partial charge in [-0.2, -0.15) is 0 Å². The first-order valence-electron chi connectivity index (χ1n) is 7.70. The molecule has 7 heteroatoms. The fourth-order valence-corrected chi connectivity index (χ4v) is 2.74. The highest BCUT2D eigenvalue weighted by molar-refractivity contribution is 5.99. The van der Waals surface area contributed by atoms with E-state index in [1.165, 1.54) is 19.2 Å². The van der Waals surface area contributed by atoms with Crippen LogP contribution in [0.25, 0.3) is 11.3 Å². The number of methoxy groups -OCH3 is 1. The van der Waals surface area contributed by atoms with Crippen LogP contribution in [0.3, 0.4) is 0 Å². The number of nitrogens with two attached hydrogens (primary N) is 1. The largest absolute Gasteiger partial charge is 0.494 e. The van der Waals surface area contributed by atoms with Crippen LogP contribution in [0.1, 0.15) is 10.4 Å². The maximum atomic E-state index is 13.7. The molecule has 2 heterocycles. The maximum Gasteiger partial charge on any atom is 0.250 e. The van der Waals surface area contributed by atoms with Gasteiger partial charge in [0.15, 0.2) is 11.6 Å². The molecular formula is C17H19FN4O2. The van der Waals surface area contributed by atoms with Crippen molar-refractivity contribution in [1.82, 2.24) is 10.3 Å². The summed E-state index contributed by atoms with van der Waals surface area (Å²) >= 11 is 0. The molecule has 1 aliphatic rings. The lowest BCUT2D eigenvalue weighted by Crippen LogP contribution is -2.44. The third kappa shape index (κ3) is 3.16. The zero-order valence-corrected chi connectivity index (χ0v) is 13.4. The Hall–Kier alpha value is -2.67. The normalized spacial score (nSPS) is 14.5. The number of carbonyl (C=O) groups is 1. The van der Waals surface area contributed by atoms with E-state index in [1.807, 2.05) is 0 Å². The van der Waals surface area contributed by atoms with E-state index in [9.17, 15) is 9.18 Å². The smallest absolute Gasteiger partial charge is 0.250 e. The SMILES string of the molecule is COc1cc(-c2nc(N3CCNCC3)ccc2C(N)=O)ccc1F. The number of ether oxygens (including phenoxy) is 1. The molecule has 1 aromatic heterocycles. The van der Waals surface area contributed by atoms with Crippen molar-refractivity contribution in [2.24, 2.45) is 5.73 Å². The molecule has 0 spiro atoms. The number of hydrogen-bond donors (Lipinski definition) is 2. The van der Waals surface area contributed by atoms with E-state index >= 15 is 0 Å². The van der Waals surface area contributed by atoms with Crippen LogP contribution in [-0.4, -0.2) is 44.2 Å². The van der Waals surface area contributed by atoms with Crippen LogP contribution in [-0.2, 0) is 0 Å². The van der Waals surface area contributed by atoms with Gasteiger partial charge in [-0.05, 0) is 30.3 Å². The molecule has 0 bridgehead atoms. The lowest BCUT2D eigenvalue weighted by Gasteiger charge is -2.29. The van der Waals surface area contributed by atoms with Gasteiger partial charge in [-0.3, -0.25) is 4.79 Å². The number of nitrogens with zero attached hydrogens (tertiary/aromatic N) is 2. The van der Waals surface area contributed by atoms with Gasteiger partial charge in [0.2, 0.25) is 0 Å². The third-order valence-corrected chi connectivity index (χ3v) is 4.01. The van der Waals surface area contributed by atoms with Gasteiger partial charge >= 0.3 is 0 Å². The van der Waals surface area contributed by atoms with Crippen LogP contribution in [0.5, 0.6) is 5.75 Å². The summed E-state index contributed by atoms with van der Waals surface area (Å²) in [5.74, 6) is -0.190. The fraction of sp³-hybridized carbons (Fsp3) is 0.294. The fourth-order valence-electron chi connectivity index (χ4n) is 2.74. The number of carbonyl (C=O) groups excluding carboxylic acids is 1. The Morgan fingerprint density at radius 1 is 1.29 bits per heavy atom. The van der Waals surface area contributed by atoms with Crippen LogP contribution in [0.15, 0.2) is 30.3 Å². The van der Waals surface area contributed by atoms with E-state index < -0.39 is 11.7 Å². The minimum absolute atomic E-state index is 0.0947. The van der Waals surface area contributed by atoms with Gasteiger partial charge in [-0.1, -0.05) is 0 Å². The van der Waals surface area contributed by atoms with Crippen molar-refractivity contribution in [3.63, 3.8) is 0 Å². The van der Waals surface area contributed by atoms with Gasteiger partial charge in [-0.25, -0.2) is 9.37 Å². The van der Waals surface area contributed by atoms with E-state index in [0.29, 0.717) is 16.8 Å². The van der Waals surface area contributed by atoms with E-state index in [-0.39, 0.29) is 5.75 Å². The molecule has 3 rings (SSSR count). The topological polar surface area (TPSA) is 80.5 Å². The number of benzene rings is 1. The van der Waals surface area contributed by atoms with Crippen LogP contribution in [0.4, 0.5) is 10.2 Å². The van der Waals surface area contributed by atoms with Crippen molar-refractivity contribution in [3.8, 4) is 17.0 Å². The Kier molecular flexibility index (Phi) is 4.61. The molecule has 1 amide bonds. The van der Waals surface area contributed by atoms with Gasteiger partial charge in [0.05, 0.1) is 18.4 Å². The summed E-state index contributed by atoms with van der Waals surface area (Å²) < 4.78 is 18.7. The summed E-state index contributed by atoms with van der Waals surface area (Å²) in [5.41, 5.74) is 6.78. The zero-order chi connectivity index (χ0) is 17.1. The second kappa shape index (κ2) is 6.84. The summed E-state index contributed by atoms with van der Waals surface area (Å²) in [5, 5.41) is 3.28. The quantitative estimate of drug-likeness (QED) is 0.886. The molecule has 0 aliphatic carbocycles. The van der Waals surface area contributed by atoms with Crippen molar-refractivity contribution < 1.29 is 13.9 Å². The number of primary amides is 1. The predicted octanol–water partition coefficient (Wildman–Crippen LogP) is 1.40. The Morgan fingerprint density at radius 3 is 2.71 bits per heavy atom. The van der Waals surface area contributed by atoms with Crippen LogP contribution < -0.4 is 20.7 Å². The average Bonchev–Trinajstić information content (AvgIpc) is 2.62. The average molecular weight is 330 g/mol. The number of halogens is 1. The first-order valence-corrected chi connectivity index (χ1v) is 7.70. The van der Waals surface area contributed by atoms with Gasteiger partial charge in [0.1, 0.15) is 5.82 Å². The van der Waals surface area contributed by atoms with E-state index in [4.69, 9.17) is 10.5 Å². The molecule has 0 unspecified atom stereocenters.